The Labute approximate surface area is 89.6 Å². The van der Waals surface area contributed by atoms with Crippen LogP contribution in [0.5, 0.6) is 0 Å². The Morgan fingerprint density at radius 2 is 2.21 bits per heavy atom. The van der Waals surface area contributed by atoms with Gasteiger partial charge in [0.05, 0.1) is 10.7 Å². The number of benzene rings is 1. The maximum absolute atomic E-state index is 5.85. The molecule has 1 aliphatic rings. The molecule has 0 bridgehead atoms. The maximum Gasteiger partial charge on any atom is 0.0635 e. The summed E-state index contributed by atoms with van der Waals surface area (Å²) in [6, 6.07) is 5.74. The minimum absolute atomic E-state index is 0.618. The van der Waals surface area contributed by atoms with Gasteiger partial charge in [0.1, 0.15) is 0 Å². The fourth-order valence-electron chi connectivity index (χ4n) is 1.55. The Morgan fingerprint density at radius 3 is 2.79 bits per heavy atom. The number of hydrogen-bond acceptors (Lipinski definition) is 1. The van der Waals surface area contributed by atoms with E-state index in [1.807, 2.05) is 18.2 Å². The second-order valence-electron chi connectivity index (χ2n) is 3.99. The molecule has 0 heterocycles. The summed E-state index contributed by atoms with van der Waals surface area (Å²) < 4.78 is 0. The predicted molar refractivity (Wildman–Crippen MR) is 62.2 cm³/mol. The lowest BCUT2D eigenvalue weighted by Crippen LogP contribution is -1.90. The van der Waals surface area contributed by atoms with Gasteiger partial charge in [0.2, 0.25) is 0 Å². The summed E-state index contributed by atoms with van der Waals surface area (Å²) >= 11 is 5.85. The van der Waals surface area contributed by atoms with Crippen LogP contribution in [0.15, 0.2) is 24.8 Å². The lowest BCUT2D eigenvalue weighted by atomic mass is 10.0. The van der Waals surface area contributed by atoms with E-state index in [2.05, 4.69) is 6.58 Å². The first-order valence-electron chi connectivity index (χ1n) is 4.90. The normalized spacial score (nSPS) is 15.5. The van der Waals surface area contributed by atoms with Gasteiger partial charge < -0.3 is 5.73 Å². The highest BCUT2D eigenvalue weighted by molar-refractivity contribution is 6.33. The fraction of sp³-hybridized carbons (Fsp3) is 0.333. The molecule has 1 aromatic carbocycles. The standard InChI is InChI=1S/C12H14ClN/c1-8(6-9-2-3-9)10-4-5-11(13)12(14)7-10/h4-5,7,9H,1-3,6,14H2. The third kappa shape index (κ3) is 2.10. The van der Waals surface area contributed by atoms with Crippen LogP contribution in [0.2, 0.25) is 5.02 Å². The molecular formula is C12H14ClN. The second kappa shape index (κ2) is 3.66. The monoisotopic (exact) mass is 207 g/mol. The van der Waals surface area contributed by atoms with E-state index < -0.39 is 0 Å². The van der Waals surface area contributed by atoms with Gasteiger partial charge in [0.25, 0.3) is 0 Å². The van der Waals surface area contributed by atoms with E-state index in [-0.39, 0.29) is 0 Å². The van der Waals surface area contributed by atoms with Gasteiger partial charge in [-0.2, -0.15) is 0 Å². The molecule has 0 unspecified atom stereocenters. The van der Waals surface area contributed by atoms with Gasteiger partial charge in [0.15, 0.2) is 0 Å². The average Bonchev–Trinajstić information content (AvgIpc) is 2.93. The van der Waals surface area contributed by atoms with Gasteiger partial charge >= 0.3 is 0 Å². The number of halogens is 1. The number of allylic oxidation sites excluding steroid dienone is 1. The van der Waals surface area contributed by atoms with E-state index in [0.29, 0.717) is 10.7 Å². The molecule has 2 rings (SSSR count). The van der Waals surface area contributed by atoms with E-state index in [9.17, 15) is 0 Å². The van der Waals surface area contributed by atoms with Crippen LogP contribution in [-0.2, 0) is 0 Å². The maximum atomic E-state index is 5.85. The Morgan fingerprint density at radius 1 is 1.50 bits per heavy atom. The quantitative estimate of drug-likeness (QED) is 0.751. The Bertz CT molecular complexity index is 367. The first-order valence-corrected chi connectivity index (χ1v) is 5.28. The Hall–Kier alpha value is -0.950. The highest BCUT2D eigenvalue weighted by Gasteiger charge is 2.22. The zero-order valence-electron chi connectivity index (χ0n) is 8.09. The Balaban J connectivity index is 2.14. The van der Waals surface area contributed by atoms with Gasteiger partial charge in [-0.1, -0.05) is 24.2 Å². The molecule has 2 heteroatoms. The van der Waals surface area contributed by atoms with Crippen molar-refractivity contribution in [1.29, 1.82) is 0 Å². The molecule has 0 amide bonds. The predicted octanol–water partition coefficient (Wildman–Crippen LogP) is 3.74. The van der Waals surface area contributed by atoms with E-state index >= 15 is 0 Å². The molecule has 0 atom stereocenters. The topological polar surface area (TPSA) is 26.0 Å². The summed E-state index contributed by atoms with van der Waals surface area (Å²) in [5, 5.41) is 0.618. The molecule has 1 aliphatic carbocycles. The van der Waals surface area contributed by atoms with Crippen LogP contribution in [0.25, 0.3) is 5.57 Å². The van der Waals surface area contributed by atoms with Gasteiger partial charge in [0, 0.05) is 0 Å². The summed E-state index contributed by atoms with van der Waals surface area (Å²) in [6.07, 6.45) is 3.80. The van der Waals surface area contributed by atoms with E-state index in [1.165, 1.54) is 18.4 Å². The van der Waals surface area contributed by atoms with Crippen molar-refractivity contribution in [2.45, 2.75) is 19.3 Å². The van der Waals surface area contributed by atoms with E-state index in [0.717, 1.165) is 17.9 Å². The second-order valence-corrected chi connectivity index (χ2v) is 4.39. The van der Waals surface area contributed by atoms with Crippen LogP contribution in [0.4, 0.5) is 5.69 Å². The number of hydrogen-bond donors (Lipinski definition) is 1. The van der Waals surface area contributed by atoms with Crippen molar-refractivity contribution in [3.05, 3.63) is 35.4 Å². The minimum Gasteiger partial charge on any atom is -0.398 e. The van der Waals surface area contributed by atoms with Gasteiger partial charge in [-0.3, -0.25) is 0 Å². The van der Waals surface area contributed by atoms with Crippen molar-refractivity contribution in [2.24, 2.45) is 5.92 Å². The Kier molecular flexibility index (Phi) is 2.51. The van der Waals surface area contributed by atoms with E-state index in [1.54, 1.807) is 0 Å². The number of rotatable bonds is 3. The van der Waals surface area contributed by atoms with Gasteiger partial charge in [-0.25, -0.2) is 0 Å². The molecule has 14 heavy (non-hydrogen) atoms. The molecule has 1 saturated carbocycles. The van der Waals surface area contributed by atoms with Crippen LogP contribution in [0.1, 0.15) is 24.8 Å². The molecule has 1 nitrogen and oxygen atoms in total. The highest BCUT2D eigenvalue weighted by Crippen LogP contribution is 2.38. The smallest absolute Gasteiger partial charge is 0.0635 e. The van der Waals surface area contributed by atoms with Crippen LogP contribution in [-0.4, -0.2) is 0 Å². The first-order chi connectivity index (χ1) is 6.66. The lowest BCUT2D eigenvalue weighted by molar-refractivity contribution is 0.878. The van der Waals surface area contributed by atoms with Crippen LogP contribution in [0.3, 0.4) is 0 Å². The molecule has 1 fully saturated rings. The number of nitrogens with two attached hydrogens (primary N) is 1. The molecule has 1 aromatic rings. The summed E-state index contributed by atoms with van der Waals surface area (Å²) in [6.45, 7) is 4.08. The largest absolute Gasteiger partial charge is 0.398 e. The molecule has 0 radical (unpaired) electrons. The summed E-state index contributed by atoms with van der Waals surface area (Å²) in [7, 11) is 0. The lowest BCUT2D eigenvalue weighted by Gasteiger charge is -2.06. The summed E-state index contributed by atoms with van der Waals surface area (Å²) in [5.41, 5.74) is 8.67. The summed E-state index contributed by atoms with van der Waals surface area (Å²) in [5.74, 6) is 0.861. The molecule has 0 aliphatic heterocycles. The van der Waals surface area contributed by atoms with Crippen molar-refractivity contribution >= 4 is 22.9 Å². The highest BCUT2D eigenvalue weighted by atomic mass is 35.5. The molecule has 0 aromatic heterocycles. The molecular weight excluding hydrogens is 194 g/mol. The molecule has 74 valence electrons. The van der Waals surface area contributed by atoms with Crippen molar-refractivity contribution in [2.75, 3.05) is 5.73 Å². The first kappa shape index (κ1) is 9.60. The van der Waals surface area contributed by atoms with Crippen molar-refractivity contribution in [3.8, 4) is 0 Å². The average molecular weight is 208 g/mol. The van der Waals surface area contributed by atoms with Crippen LogP contribution < -0.4 is 5.73 Å². The van der Waals surface area contributed by atoms with Crippen molar-refractivity contribution in [1.82, 2.24) is 0 Å². The van der Waals surface area contributed by atoms with Gasteiger partial charge in [-0.05, 0) is 48.4 Å². The zero-order valence-corrected chi connectivity index (χ0v) is 8.85. The summed E-state index contributed by atoms with van der Waals surface area (Å²) in [4.78, 5) is 0. The molecule has 0 saturated heterocycles. The SMILES string of the molecule is C=C(CC1CC1)c1ccc(Cl)c(N)c1. The van der Waals surface area contributed by atoms with E-state index in [4.69, 9.17) is 17.3 Å². The van der Waals surface area contributed by atoms with Crippen molar-refractivity contribution < 1.29 is 0 Å². The molecule has 0 spiro atoms. The van der Waals surface area contributed by atoms with Gasteiger partial charge in [-0.15, -0.1) is 0 Å². The fourth-order valence-corrected chi connectivity index (χ4v) is 1.67. The minimum atomic E-state index is 0.618. The zero-order chi connectivity index (χ0) is 10.1. The van der Waals surface area contributed by atoms with Crippen LogP contribution >= 0.6 is 11.6 Å². The third-order valence-electron chi connectivity index (χ3n) is 2.64. The number of anilines is 1. The molecule has 2 N–H and O–H groups in total. The van der Waals surface area contributed by atoms with Crippen LogP contribution in [0, 0.1) is 5.92 Å². The van der Waals surface area contributed by atoms with Crippen molar-refractivity contribution in [3.63, 3.8) is 0 Å². The third-order valence-corrected chi connectivity index (χ3v) is 2.98. The number of nitrogen functional groups attached to an aromatic ring is 1.